The molecule has 0 aliphatic carbocycles. The minimum Gasteiger partial charge on any atom is -0.343 e. The quantitative estimate of drug-likeness (QED) is 0.557. The Balaban J connectivity index is 1.49. The van der Waals surface area contributed by atoms with Gasteiger partial charge in [0.1, 0.15) is 0 Å². The van der Waals surface area contributed by atoms with Crippen molar-refractivity contribution in [3.05, 3.63) is 58.4 Å². The van der Waals surface area contributed by atoms with E-state index < -0.39 is 0 Å². The first-order valence-electron chi connectivity index (χ1n) is 12.6. The van der Waals surface area contributed by atoms with Crippen LogP contribution in [0, 0.1) is 13.8 Å². The maximum Gasteiger partial charge on any atom is 0.222 e. The highest BCUT2D eigenvalue weighted by Gasteiger charge is 2.26. The molecule has 0 N–H and O–H groups in total. The third-order valence-corrected chi connectivity index (χ3v) is 6.94. The molecule has 1 fully saturated rings. The van der Waals surface area contributed by atoms with Gasteiger partial charge in [-0.25, -0.2) is 0 Å². The van der Waals surface area contributed by atoms with Crippen molar-refractivity contribution >= 4 is 11.7 Å². The van der Waals surface area contributed by atoms with Crippen LogP contribution in [0.15, 0.2) is 30.3 Å². The third kappa shape index (κ3) is 6.18. The van der Waals surface area contributed by atoms with Crippen molar-refractivity contribution in [3.63, 3.8) is 0 Å². The SMILES string of the molecule is Cc1cc(C(=O)CN2CCN(C(=O)CCc3ccc(C(C)(C)C)cc3)CC2)c(C)n1C(C)(C)C. The van der Waals surface area contributed by atoms with Crippen molar-refractivity contribution in [2.24, 2.45) is 0 Å². The summed E-state index contributed by atoms with van der Waals surface area (Å²) in [6.45, 7) is 20.5. The Kier molecular flexibility index (Phi) is 7.76. The van der Waals surface area contributed by atoms with Crippen molar-refractivity contribution < 1.29 is 9.59 Å². The van der Waals surface area contributed by atoms with Crippen LogP contribution in [0.25, 0.3) is 0 Å². The van der Waals surface area contributed by atoms with Crippen molar-refractivity contribution in [3.8, 4) is 0 Å². The molecule has 1 aliphatic rings. The van der Waals surface area contributed by atoms with Gasteiger partial charge in [-0.15, -0.1) is 0 Å². The number of carbonyl (C=O) groups is 2. The van der Waals surface area contributed by atoms with E-state index in [-0.39, 0.29) is 22.6 Å². The number of amides is 1. The Labute approximate surface area is 206 Å². The lowest BCUT2D eigenvalue weighted by Crippen LogP contribution is -2.50. The van der Waals surface area contributed by atoms with E-state index >= 15 is 0 Å². The van der Waals surface area contributed by atoms with Crippen LogP contribution < -0.4 is 0 Å². The lowest BCUT2D eigenvalue weighted by atomic mass is 9.86. The monoisotopic (exact) mass is 465 g/mol. The predicted molar refractivity (Wildman–Crippen MR) is 140 cm³/mol. The molecule has 5 nitrogen and oxygen atoms in total. The number of piperazine rings is 1. The Morgan fingerprint density at radius 3 is 1.97 bits per heavy atom. The average molecular weight is 466 g/mol. The Morgan fingerprint density at radius 2 is 1.47 bits per heavy atom. The standard InChI is InChI=1S/C29H43N3O2/c1-21-19-25(22(2)32(21)29(6,7)8)26(33)20-30-15-17-31(18-16-30)27(34)14-11-23-9-12-24(13-10-23)28(3,4)5/h9-10,12-13,19H,11,14-18,20H2,1-8H3. The zero-order chi connectivity index (χ0) is 25.3. The molecule has 0 spiro atoms. The predicted octanol–water partition coefficient (Wildman–Crippen LogP) is 5.12. The number of Topliss-reactive ketones (excluding diaryl/α,β-unsaturated/α-hetero) is 1. The molecule has 0 atom stereocenters. The summed E-state index contributed by atoms with van der Waals surface area (Å²) in [4.78, 5) is 30.0. The molecule has 1 amide bonds. The van der Waals surface area contributed by atoms with Crippen LogP contribution in [0.4, 0.5) is 0 Å². The third-order valence-electron chi connectivity index (χ3n) is 6.94. The zero-order valence-corrected chi connectivity index (χ0v) is 22.5. The maximum atomic E-state index is 13.1. The van der Waals surface area contributed by atoms with E-state index in [9.17, 15) is 9.59 Å². The number of carbonyl (C=O) groups excluding carboxylic acids is 2. The fraction of sp³-hybridized carbons (Fsp3) is 0.586. The van der Waals surface area contributed by atoms with Crippen molar-refractivity contribution in [2.45, 2.75) is 79.2 Å². The second-order valence-electron chi connectivity index (χ2n) is 11.8. The molecule has 1 aromatic carbocycles. The highest BCUT2D eigenvalue weighted by atomic mass is 16.2. The molecule has 1 aromatic heterocycles. The molecule has 186 valence electrons. The van der Waals surface area contributed by atoms with Crippen LogP contribution in [0.3, 0.4) is 0 Å². The van der Waals surface area contributed by atoms with E-state index in [2.05, 4.69) is 82.2 Å². The lowest BCUT2D eigenvalue weighted by Gasteiger charge is -2.34. The van der Waals surface area contributed by atoms with E-state index in [1.54, 1.807) is 0 Å². The Morgan fingerprint density at radius 1 is 0.882 bits per heavy atom. The first-order chi connectivity index (χ1) is 15.8. The van der Waals surface area contributed by atoms with Crippen LogP contribution in [0.1, 0.15) is 80.8 Å². The van der Waals surface area contributed by atoms with Gasteiger partial charge in [-0.05, 0) is 63.6 Å². The summed E-state index contributed by atoms with van der Waals surface area (Å²) in [6, 6.07) is 10.7. The molecule has 0 bridgehead atoms. The van der Waals surface area contributed by atoms with E-state index in [4.69, 9.17) is 0 Å². The van der Waals surface area contributed by atoms with Gasteiger partial charge in [0.2, 0.25) is 5.91 Å². The first-order valence-corrected chi connectivity index (χ1v) is 12.6. The van der Waals surface area contributed by atoms with E-state index in [1.807, 2.05) is 17.9 Å². The van der Waals surface area contributed by atoms with Crippen LogP contribution >= 0.6 is 0 Å². The number of benzene rings is 1. The molecule has 0 saturated carbocycles. The molecule has 2 heterocycles. The summed E-state index contributed by atoms with van der Waals surface area (Å²) in [5.41, 5.74) is 5.60. The summed E-state index contributed by atoms with van der Waals surface area (Å²) in [5.74, 6) is 0.377. The van der Waals surface area contributed by atoms with Gasteiger partial charge in [0.05, 0.1) is 6.54 Å². The van der Waals surface area contributed by atoms with E-state index in [0.717, 1.165) is 36.5 Å². The second-order valence-corrected chi connectivity index (χ2v) is 11.8. The van der Waals surface area contributed by atoms with Crippen LogP contribution in [0.2, 0.25) is 0 Å². The number of hydrogen-bond donors (Lipinski definition) is 0. The van der Waals surface area contributed by atoms with Crippen molar-refractivity contribution in [1.29, 1.82) is 0 Å². The maximum absolute atomic E-state index is 13.1. The molecule has 0 unspecified atom stereocenters. The minimum atomic E-state index is -0.0483. The van der Waals surface area contributed by atoms with E-state index in [1.165, 1.54) is 11.1 Å². The smallest absolute Gasteiger partial charge is 0.222 e. The lowest BCUT2D eigenvalue weighted by molar-refractivity contribution is -0.132. The highest BCUT2D eigenvalue weighted by molar-refractivity contribution is 5.99. The van der Waals surface area contributed by atoms with Crippen LogP contribution in [-0.2, 0) is 22.2 Å². The minimum absolute atomic E-state index is 0.0483. The summed E-state index contributed by atoms with van der Waals surface area (Å²) >= 11 is 0. The molecular formula is C29H43N3O2. The summed E-state index contributed by atoms with van der Waals surface area (Å²) in [5, 5.41) is 0. The number of nitrogens with zero attached hydrogens (tertiary/aromatic N) is 3. The second kappa shape index (κ2) is 10.1. The molecule has 0 radical (unpaired) electrons. The van der Waals surface area contributed by atoms with Gasteiger partial charge in [0.15, 0.2) is 5.78 Å². The van der Waals surface area contributed by atoms with Crippen LogP contribution in [0.5, 0.6) is 0 Å². The molecule has 34 heavy (non-hydrogen) atoms. The highest BCUT2D eigenvalue weighted by Crippen LogP contribution is 2.25. The number of aromatic nitrogens is 1. The number of rotatable bonds is 6. The zero-order valence-electron chi connectivity index (χ0n) is 22.5. The normalized spacial score (nSPS) is 15.6. The van der Waals surface area contributed by atoms with Gasteiger partial charge in [0, 0.05) is 55.1 Å². The van der Waals surface area contributed by atoms with Crippen molar-refractivity contribution in [1.82, 2.24) is 14.4 Å². The first kappa shape index (κ1) is 26.2. The van der Waals surface area contributed by atoms with Gasteiger partial charge in [-0.2, -0.15) is 0 Å². The van der Waals surface area contributed by atoms with Gasteiger partial charge >= 0.3 is 0 Å². The topological polar surface area (TPSA) is 45.6 Å². The largest absolute Gasteiger partial charge is 0.343 e. The number of hydrogen-bond acceptors (Lipinski definition) is 3. The molecular weight excluding hydrogens is 422 g/mol. The van der Waals surface area contributed by atoms with Gasteiger partial charge in [-0.1, -0.05) is 45.0 Å². The molecule has 5 heteroatoms. The molecule has 1 aliphatic heterocycles. The number of ketones is 1. The molecule has 1 saturated heterocycles. The fourth-order valence-corrected chi connectivity index (χ4v) is 5.10. The number of aryl methyl sites for hydroxylation is 2. The van der Waals surface area contributed by atoms with E-state index in [0.29, 0.717) is 26.1 Å². The fourth-order valence-electron chi connectivity index (χ4n) is 5.10. The van der Waals surface area contributed by atoms with Gasteiger partial charge < -0.3 is 9.47 Å². The average Bonchev–Trinajstić information content (AvgIpc) is 3.06. The van der Waals surface area contributed by atoms with Gasteiger partial charge in [0.25, 0.3) is 0 Å². The summed E-state index contributed by atoms with van der Waals surface area (Å²) < 4.78 is 2.24. The Hall–Kier alpha value is -2.40. The molecule has 3 rings (SSSR count). The van der Waals surface area contributed by atoms with Gasteiger partial charge in [-0.3, -0.25) is 14.5 Å². The van der Waals surface area contributed by atoms with Crippen molar-refractivity contribution in [2.75, 3.05) is 32.7 Å². The summed E-state index contributed by atoms with van der Waals surface area (Å²) in [7, 11) is 0. The molecule has 2 aromatic rings. The van der Waals surface area contributed by atoms with Crippen LogP contribution in [-0.4, -0.2) is 58.8 Å². The summed E-state index contributed by atoms with van der Waals surface area (Å²) in [6.07, 6.45) is 1.30. The Bertz CT molecular complexity index is 1010.